The molecule has 4 nitrogen and oxygen atoms in total. The van der Waals surface area contributed by atoms with Crippen molar-refractivity contribution in [1.29, 1.82) is 0 Å². The van der Waals surface area contributed by atoms with Crippen LogP contribution in [0.2, 0.25) is 0 Å². The molecule has 0 aromatic heterocycles. The predicted octanol–water partition coefficient (Wildman–Crippen LogP) is 3.62. The molecule has 0 bridgehead atoms. The van der Waals surface area contributed by atoms with E-state index in [9.17, 15) is 13.6 Å². The number of urea groups is 1. The summed E-state index contributed by atoms with van der Waals surface area (Å²) in [6.07, 6.45) is 0. The quantitative estimate of drug-likeness (QED) is 0.922. The zero-order valence-electron chi connectivity index (χ0n) is 14.1. The Morgan fingerprint density at radius 2 is 1.84 bits per heavy atom. The number of halogens is 2. The Hall–Kier alpha value is -2.47. The molecular weight excluding hydrogens is 324 g/mol. The number of anilines is 1. The topological polar surface area (TPSA) is 35.6 Å². The monoisotopic (exact) mass is 345 g/mol. The van der Waals surface area contributed by atoms with Crippen molar-refractivity contribution in [2.45, 2.75) is 13.5 Å². The molecule has 0 unspecified atom stereocenters. The number of rotatable bonds is 3. The van der Waals surface area contributed by atoms with Gasteiger partial charge in [0.1, 0.15) is 11.6 Å². The molecule has 1 aliphatic heterocycles. The van der Waals surface area contributed by atoms with Gasteiger partial charge in [-0.1, -0.05) is 29.8 Å². The summed E-state index contributed by atoms with van der Waals surface area (Å²) in [6.45, 7) is 5.57. The number of hydrogen-bond acceptors (Lipinski definition) is 2. The Bertz CT molecular complexity index is 758. The minimum absolute atomic E-state index is 0.00593. The van der Waals surface area contributed by atoms with E-state index < -0.39 is 11.6 Å². The van der Waals surface area contributed by atoms with Crippen LogP contribution in [0, 0.1) is 18.6 Å². The molecule has 0 radical (unpaired) electrons. The first kappa shape index (κ1) is 17.4. The van der Waals surface area contributed by atoms with Crippen LogP contribution in [0.1, 0.15) is 11.1 Å². The maximum atomic E-state index is 13.6. The molecule has 0 aliphatic carbocycles. The lowest BCUT2D eigenvalue weighted by atomic mass is 10.1. The first-order chi connectivity index (χ1) is 12.0. The summed E-state index contributed by atoms with van der Waals surface area (Å²) < 4.78 is 26.6. The van der Waals surface area contributed by atoms with E-state index >= 15 is 0 Å². The van der Waals surface area contributed by atoms with Gasteiger partial charge in [-0.2, -0.15) is 0 Å². The summed E-state index contributed by atoms with van der Waals surface area (Å²) in [5, 5.41) is 2.51. The van der Waals surface area contributed by atoms with E-state index in [0.29, 0.717) is 13.1 Å². The SMILES string of the molecule is Cc1cccc(CN2CCN(C(=O)Nc3ccc(F)cc3F)CC2)c1. The number of hydrogen-bond donors (Lipinski definition) is 1. The van der Waals surface area contributed by atoms with Gasteiger partial charge in [0, 0.05) is 38.8 Å². The maximum Gasteiger partial charge on any atom is 0.322 e. The average Bonchev–Trinajstić information content (AvgIpc) is 2.58. The number of amides is 2. The van der Waals surface area contributed by atoms with E-state index in [2.05, 4.69) is 35.3 Å². The molecule has 132 valence electrons. The lowest BCUT2D eigenvalue weighted by Crippen LogP contribution is -2.49. The van der Waals surface area contributed by atoms with Crippen LogP contribution in [-0.4, -0.2) is 42.0 Å². The fourth-order valence-electron chi connectivity index (χ4n) is 2.96. The second-order valence-electron chi connectivity index (χ2n) is 6.31. The van der Waals surface area contributed by atoms with Crippen LogP contribution in [0.3, 0.4) is 0 Å². The van der Waals surface area contributed by atoms with Crippen molar-refractivity contribution >= 4 is 11.7 Å². The fourth-order valence-corrected chi connectivity index (χ4v) is 2.96. The summed E-state index contributed by atoms with van der Waals surface area (Å²) >= 11 is 0. The highest BCUT2D eigenvalue weighted by molar-refractivity contribution is 5.89. The third-order valence-corrected chi connectivity index (χ3v) is 4.32. The zero-order chi connectivity index (χ0) is 17.8. The van der Waals surface area contributed by atoms with E-state index in [1.807, 2.05) is 6.07 Å². The minimum atomic E-state index is -0.772. The highest BCUT2D eigenvalue weighted by atomic mass is 19.1. The standard InChI is InChI=1S/C19H21F2N3O/c1-14-3-2-4-15(11-14)13-23-7-9-24(10-8-23)19(25)22-18-6-5-16(20)12-17(18)21/h2-6,11-12H,7-10,13H2,1H3,(H,22,25). The average molecular weight is 345 g/mol. The molecule has 2 amide bonds. The third kappa shape index (κ3) is 4.54. The summed E-state index contributed by atoms with van der Waals surface area (Å²) in [5.74, 6) is -1.44. The predicted molar refractivity (Wildman–Crippen MR) is 93.4 cm³/mol. The lowest BCUT2D eigenvalue weighted by Gasteiger charge is -2.34. The molecule has 0 atom stereocenters. The van der Waals surface area contributed by atoms with Crippen molar-refractivity contribution in [2.75, 3.05) is 31.5 Å². The van der Waals surface area contributed by atoms with Gasteiger partial charge in [0.15, 0.2) is 0 Å². The fraction of sp³-hybridized carbons (Fsp3) is 0.316. The number of nitrogens with one attached hydrogen (secondary N) is 1. The van der Waals surface area contributed by atoms with Crippen LogP contribution < -0.4 is 5.32 Å². The molecule has 3 rings (SSSR count). The molecule has 2 aromatic rings. The summed E-state index contributed by atoms with van der Waals surface area (Å²) in [4.78, 5) is 16.2. The molecule has 1 N–H and O–H groups in total. The van der Waals surface area contributed by atoms with Gasteiger partial charge in [0.05, 0.1) is 5.69 Å². The van der Waals surface area contributed by atoms with E-state index in [4.69, 9.17) is 0 Å². The van der Waals surface area contributed by atoms with Gasteiger partial charge in [0.25, 0.3) is 0 Å². The van der Waals surface area contributed by atoms with E-state index in [1.54, 1.807) is 4.90 Å². The van der Waals surface area contributed by atoms with E-state index in [-0.39, 0.29) is 11.7 Å². The summed E-state index contributed by atoms with van der Waals surface area (Å²) in [7, 11) is 0. The Morgan fingerprint density at radius 1 is 1.08 bits per heavy atom. The lowest BCUT2D eigenvalue weighted by molar-refractivity contribution is 0.143. The number of benzene rings is 2. The number of carbonyl (C=O) groups is 1. The second kappa shape index (κ2) is 7.61. The smallest absolute Gasteiger partial charge is 0.322 e. The Labute approximate surface area is 146 Å². The largest absolute Gasteiger partial charge is 0.322 e. The first-order valence-electron chi connectivity index (χ1n) is 8.30. The van der Waals surface area contributed by atoms with Crippen molar-refractivity contribution in [3.63, 3.8) is 0 Å². The van der Waals surface area contributed by atoms with Crippen LogP contribution in [0.4, 0.5) is 19.3 Å². The van der Waals surface area contributed by atoms with Gasteiger partial charge in [-0.25, -0.2) is 13.6 Å². The van der Waals surface area contributed by atoms with Crippen LogP contribution in [0.15, 0.2) is 42.5 Å². The van der Waals surface area contributed by atoms with E-state index in [0.717, 1.165) is 31.8 Å². The molecule has 0 saturated carbocycles. The number of piperazine rings is 1. The van der Waals surface area contributed by atoms with Gasteiger partial charge in [-0.3, -0.25) is 4.90 Å². The van der Waals surface area contributed by atoms with Crippen molar-refractivity contribution < 1.29 is 13.6 Å². The molecular formula is C19H21F2N3O. The summed E-state index contributed by atoms with van der Waals surface area (Å²) in [5.41, 5.74) is 2.48. The Morgan fingerprint density at radius 3 is 2.52 bits per heavy atom. The van der Waals surface area contributed by atoms with E-state index in [1.165, 1.54) is 17.2 Å². The Balaban J connectivity index is 1.52. The zero-order valence-corrected chi connectivity index (χ0v) is 14.1. The molecule has 0 spiro atoms. The third-order valence-electron chi connectivity index (χ3n) is 4.32. The molecule has 1 fully saturated rings. The van der Waals surface area contributed by atoms with Crippen LogP contribution in [0.5, 0.6) is 0 Å². The maximum absolute atomic E-state index is 13.6. The second-order valence-corrected chi connectivity index (χ2v) is 6.31. The molecule has 1 saturated heterocycles. The first-order valence-corrected chi connectivity index (χ1v) is 8.30. The van der Waals surface area contributed by atoms with Gasteiger partial charge in [-0.15, -0.1) is 0 Å². The van der Waals surface area contributed by atoms with Crippen molar-refractivity contribution in [3.8, 4) is 0 Å². The van der Waals surface area contributed by atoms with Gasteiger partial charge < -0.3 is 10.2 Å². The van der Waals surface area contributed by atoms with Gasteiger partial charge in [0.2, 0.25) is 0 Å². The van der Waals surface area contributed by atoms with Crippen molar-refractivity contribution in [3.05, 3.63) is 65.2 Å². The number of carbonyl (C=O) groups excluding carboxylic acids is 1. The van der Waals surface area contributed by atoms with Gasteiger partial charge >= 0.3 is 6.03 Å². The number of nitrogens with zero attached hydrogens (tertiary/aromatic N) is 2. The minimum Gasteiger partial charge on any atom is -0.322 e. The highest BCUT2D eigenvalue weighted by Gasteiger charge is 2.22. The molecule has 25 heavy (non-hydrogen) atoms. The normalized spacial score (nSPS) is 15.2. The number of aryl methyl sites for hydroxylation is 1. The molecule has 1 heterocycles. The van der Waals surface area contributed by atoms with Crippen LogP contribution >= 0.6 is 0 Å². The van der Waals surface area contributed by atoms with Crippen molar-refractivity contribution in [2.24, 2.45) is 0 Å². The van der Waals surface area contributed by atoms with Crippen LogP contribution in [-0.2, 0) is 6.54 Å². The molecule has 2 aromatic carbocycles. The highest BCUT2D eigenvalue weighted by Crippen LogP contribution is 2.16. The summed E-state index contributed by atoms with van der Waals surface area (Å²) in [6, 6.07) is 11.1. The molecule has 1 aliphatic rings. The van der Waals surface area contributed by atoms with Crippen molar-refractivity contribution in [1.82, 2.24) is 9.80 Å². The van der Waals surface area contributed by atoms with Crippen LogP contribution in [0.25, 0.3) is 0 Å². The molecule has 6 heteroatoms. The Kier molecular flexibility index (Phi) is 5.28. The van der Waals surface area contributed by atoms with Gasteiger partial charge in [-0.05, 0) is 24.6 Å².